The summed E-state index contributed by atoms with van der Waals surface area (Å²) in [5.74, 6) is -1.49. The van der Waals surface area contributed by atoms with Crippen LogP contribution in [0.5, 0.6) is 11.8 Å². The van der Waals surface area contributed by atoms with Gasteiger partial charge >= 0.3 is 6.01 Å². The molecule has 1 fully saturated rings. The Balaban J connectivity index is 1.50. The van der Waals surface area contributed by atoms with Crippen LogP contribution in [0.2, 0.25) is 5.02 Å². The number of aromatic nitrogens is 3. The van der Waals surface area contributed by atoms with Crippen molar-refractivity contribution < 1.29 is 27.0 Å². The number of nitrogens with zero attached hydrogens (tertiary/aromatic N) is 6. The predicted octanol–water partition coefficient (Wildman–Crippen LogP) is 6.94. The highest BCUT2D eigenvalue weighted by Crippen LogP contribution is 2.51. The lowest BCUT2D eigenvalue weighted by Gasteiger charge is -2.33. The minimum absolute atomic E-state index is 0.0122. The van der Waals surface area contributed by atoms with Crippen LogP contribution in [0.15, 0.2) is 30.5 Å². The van der Waals surface area contributed by atoms with Crippen molar-refractivity contribution in [3.8, 4) is 29.0 Å². The van der Waals surface area contributed by atoms with Crippen molar-refractivity contribution in [2.24, 2.45) is 0 Å². The number of benzene rings is 2. The van der Waals surface area contributed by atoms with Gasteiger partial charge in [-0.2, -0.15) is 15.2 Å². The minimum atomic E-state index is -2.75. The fourth-order valence-electron chi connectivity index (χ4n) is 6.71. The van der Waals surface area contributed by atoms with Crippen LogP contribution in [0.4, 0.5) is 34.2 Å². The molecule has 5 aromatic rings. The van der Waals surface area contributed by atoms with Crippen LogP contribution in [0.25, 0.3) is 32.1 Å². The number of pyridine rings is 1. The quantitative estimate of drug-likeness (QED) is 0.163. The van der Waals surface area contributed by atoms with Crippen molar-refractivity contribution in [3.05, 3.63) is 58.2 Å². The summed E-state index contributed by atoms with van der Waals surface area (Å²) in [7, 11) is 1.97. The summed E-state index contributed by atoms with van der Waals surface area (Å²) in [4.78, 5) is 17.0. The molecule has 254 valence electrons. The molecule has 0 bridgehead atoms. The highest BCUT2D eigenvalue weighted by atomic mass is 35.5. The third kappa shape index (κ3) is 5.67. The van der Waals surface area contributed by atoms with E-state index in [2.05, 4.69) is 19.9 Å². The number of nitrogens with two attached hydrogens (primary N) is 2. The molecule has 0 spiro atoms. The van der Waals surface area contributed by atoms with Crippen molar-refractivity contribution in [2.45, 2.75) is 37.8 Å². The second-order valence-corrected chi connectivity index (χ2v) is 13.3. The summed E-state index contributed by atoms with van der Waals surface area (Å²) >= 11 is 7.84. The molecule has 1 saturated heterocycles. The van der Waals surface area contributed by atoms with E-state index in [0.717, 1.165) is 36.8 Å². The van der Waals surface area contributed by atoms with E-state index in [0.29, 0.717) is 5.56 Å². The van der Waals surface area contributed by atoms with Crippen molar-refractivity contribution in [2.75, 3.05) is 49.7 Å². The van der Waals surface area contributed by atoms with Gasteiger partial charge in [-0.25, -0.2) is 22.5 Å². The normalized spacial score (nSPS) is 17.0. The highest BCUT2D eigenvalue weighted by Gasteiger charge is 2.36. The Hall–Kier alpha value is -4.65. The molecule has 0 amide bonds. The van der Waals surface area contributed by atoms with E-state index in [1.807, 2.05) is 13.1 Å². The number of anilines is 3. The molecule has 2 aliphatic rings. The Bertz CT molecular complexity index is 2140. The number of rotatable bonds is 8. The van der Waals surface area contributed by atoms with E-state index < -0.39 is 30.5 Å². The van der Waals surface area contributed by atoms with Gasteiger partial charge in [0.15, 0.2) is 11.6 Å². The average molecular weight is 713 g/mol. The smallest absolute Gasteiger partial charge is 0.319 e. The van der Waals surface area contributed by atoms with Gasteiger partial charge in [0.25, 0.3) is 0 Å². The Kier molecular flexibility index (Phi) is 8.72. The first-order valence-electron chi connectivity index (χ1n) is 15.4. The molecule has 2 aromatic carbocycles. The van der Waals surface area contributed by atoms with Crippen molar-refractivity contribution in [1.29, 1.82) is 5.26 Å². The van der Waals surface area contributed by atoms with Crippen LogP contribution in [-0.4, -0.2) is 65.7 Å². The fourth-order valence-corrected chi connectivity index (χ4v) is 7.99. The van der Waals surface area contributed by atoms with Gasteiger partial charge in [0.05, 0.1) is 33.3 Å². The number of halogens is 5. The van der Waals surface area contributed by atoms with E-state index in [1.54, 1.807) is 17.0 Å². The number of hydrogen-bond donors (Lipinski definition) is 2. The number of likely N-dealkylation sites (N-methyl/N-ethyl adjacent to an activating group) is 1. The summed E-state index contributed by atoms with van der Waals surface area (Å²) in [6.07, 6.45) is -0.105. The molecule has 0 unspecified atom stereocenters. The van der Waals surface area contributed by atoms with Crippen molar-refractivity contribution in [3.63, 3.8) is 0 Å². The number of nitriles is 1. The zero-order valence-electron chi connectivity index (χ0n) is 26.0. The molecule has 3 aromatic heterocycles. The summed E-state index contributed by atoms with van der Waals surface area (Å²) in [5.41, 5.74) is 12.2. The second kappa shape index (κ2) is 13.0. The molecule has 5 heterocycles. The van der Waals surface area contributed by atoms with Crippen LogP contribution in [0.3, 0.4) is 0 Å². The standard InChI is InChI=1S/C33H29ClF4N8O2S/c1-45-9-3-4-15(45)14-48-33-43-27-24-28(25(34)23(26(27)38)17-6-7-19(35)29-22(17)18(13-39)31(41)49-29)47-11-10-46(32(24)44-33)20(12-21(36)37)16-5-2-8-42-30(16)40/h2,5-8,15,20-21H,3-4,9-12,14,41H2,1H3,(H2,40,42)/t15-,20+/m0/s1. The van der Waals surface area contributed by atoms with E-state index in [-0.39, 0.29) is 96.9 Å². The van der Waals surface area contributed by atoms with Gasteiger partial charge in [0, 0.05) is 35.2 Å². The molecule has 2 aliphatic heterocycles. The molecule has 10 nitrogen and oxygen atoms in total. The molecule has 0 saturated carbocycles. The number of thiophene rings is 1. The third-order valence-electron chi connectivity index (χ3n) is 9.08. The zero-order chi connectivity index (χ0) is 34.6. The van der Waals surface area contributed by atoms with Crippen LogP contribution in [-0.2, 0) is 0 Å². The molecule has 7 rings (SSSR count). The first kappa shape index (κ1) is 32.9. The van der Waals surface area contributed by atoms with Crippen molar-refractivity contribution >= 4 is 60.6 Å². The van der Waals surface area contributed by atoms with Crippen LogP contribution >= 0.6 is 22.9 Å². The highest BCUT2D eigenvalue weighted by molar-refractivity contribution is 7.23. The predicted molar refractivity (Wildman–Crippen MR) is 180 cm³/mol. The van der Waals surface area contributed by atoms with Gasteiger partial charge in [-0.15, -0.1) is 11.3 Å². The van der Waals surface area contributed by atoms with Gasteiger partial charge in [0.1, 0.15) is 47.3 Å². The molecule has 2 atom stereocenters. The average Bonchev–Trinajstić information content (AvgIpc) is 3.58. The first-order valence-corrected chi connectivity index (χ1v) is 16.6. The Morgan fingerprint density at radius 2 is 2.00 bits per heavy atom. The number of ether oxygens (including phenoxy) is 2. The molecule has 49 heavy (non-hydrogen) atoms. The number of likely N-dealkylation sites (tertiary alicyclic amines) is 1. The fraction of sp³-hybridized carbons (Fsp3) is 0.333. The third-order valence-corrected chi connectivity index (χ3v) is 10.5. The zero-order valence-corrected chi connectivity index (χ0v) is 27.6. The monoisotopic (exact) mass is 712 g/mol. The van der Waals surface area contributed by atoms with E-state index in [4.69, 9.17) is 32.5 Å². The minimum Gasteiger partial charge on any atom is -0.489 e. The van der Waals surface area contributed by atoms with Gasteiger partial charge in [-0.05, 0) is 44.1 Å². The van der Waals surface area contributed by atoms with Gasteiger partial charge < -0.3 is 30.7 Å². The SMILES string of the molecule is CN1CCC[C@H]1COc1nc2c3c(c(Cl)c(-c4ccc(F)c5sc(N)c(C#N)c45)c(F)c3n1)OCCN2[C@H](CC(F)F)c1cccnc1N. The summed E-state index contributed by atoms with van der Waals surface area (Å²) < 4.78 is 72.9. The van der Waals surface area contributed by atoms with Crippen molar-refractivity contribution in [1.82, 2.24) is 19.9 Å². The number of alkyl halides is 2. The van der Waals surface area contributed by atoms with Gasteiger partial charge in [0.2, 0.25) is 6.43 Å². The lowest BCUT2D eigenvalue weighted by atomic mass is 9.96. The van der Waals surface area contributed by atoms with Gasteiger partial charge in [-0.1, -0.05) is 23.7 Å². The summed E-state index contributed by atoms with van der Waals surface area (Å²) in [6, 6.07) is 6.45. The molecular formula is C33H29ClF4N8O2S. The maximum atomic E-state index is 17.2. The van der Waals surface area contributed by atoms with Gasteiger partial charge in [-0.3, -0.25) is 0 Å². The topological polar surface area (TPSA) is 139 Å². The Morgan fingerprint density at radius 3 is 2.71 bits per heavy atom. The maximum absolute atomic E-state index is 17.2. The Labute approximate surface area is 286 Å². The molecule has 0 aliphatic carbocycles. The van der Waals surface area contributed by atoms with E-state index in [1.165, 1.54) is 12.3 Å². The molecular weight excluding hydrogens is 684 g/mol. The molecule has 4 N–H and O–H groups in total. The molecule has 16 heteroatoms. The van der Waals surface area contributed by atoms with E-state index >= 15 is 4.39 Å². The van der Waals surface area contributed by atoms with Crippen LogP contribution in [0, 0.1) is 23.0 Å². The number of nitrogen functional groups attached to an aromatic ring is 2. The largest absolute Gasteiger partial charge is 0.489 e. The number of fused-ring (bicyclic) bond motifs is 1. The lowest BCUT2D eigenvalue weighted by molar-refractivity contribution is 0.126. The maximum Gasteiger partial charge on any atom is 0.319 e. The van der Waals surface area contributed by atoms with Crippen LogP contribution in [0.1, 0.15) is 36.4 Å². The summed E-state index contributed by atoms with van der Waals surface area (Å²) in [5, 5.41) is 9.88. The summed E-state index contributed by atoms with van der Waals surface area (Å²) in [6.45, 7) is 1.02. The van der Waals surface area contributed by atoms with Crippen LogP contribution < -0.4 is 25.8 Å². The number of hydrogen-bond acceptors (Lipinski definition) is 11. The second-order valence-electron chi connectivity index (χ2n) is 11.9. The molecule has 0 radical (unpaired) electrons. The first-order chi connectivity index (χ1) is 23.6. The lowest BCUT2D eigenvalue weighted by Crippen LogP contribution is -2.34. The van der Waals surface area contributed by atoms with E-state index in [9.17, 15) is 18.4 Å². The Morgan fingerprint density at radius 1 is 1.18 bits per heavy atom.